The van der Waals surface area contributed by atoms with E-state index in [2.05, 4.69) is 0 Å². The van der Waals surface area contributed by atoms with E-state index in [-0.39, 0.29) is 35.6 Å². The second-order valence-corrected chi connectivity index (χ2v) is 8.64. The lowest BCUT2D eigenvalue weighted by Crippen LogP contribution is -2.50. The van der Waals surface area contributed by atoms with Crippen LogP contribution in [0.4, 0.5) is 0 Å². The van der Waals surface area contributed by atoms with Crippen molar-refractivity contribution in [2.45, 2.75) is 24.7 Å². The van der Waals surface area contributed by atoms with Gasteiger partial charge in [-0.1, -0.05) is 19.9 Å². The van der Waals surface area contributed by atoms with Crippen LogP contribution in [0, 0.1) is 0 Å². The molecule has 2 aromatic rings. The summed E-state index contributed by atoms with van der Waals surface area (Å²) in [5, 5.41) is 0. The van der Waals surface area contributed by atoms with E-state index >= 15 is 0 Å². The third-order valence-electron chi connectivity index (χ3n) is 4.73. The number of amides is 1. The van der Waals surface area contributed by atoms with Gasteiger partial charge in [0.05, 0.1) is 13.4 Å². The quantitative estimate of drug-likeness (QED) is 0.781. The van der Waals surface area contributed by atoms with E-state index < -0.39 is 10.0 Å². The summed E-state index contributed by atoms with van der Waals surface area (Å²) in [6.07, 6.45) is 1.45. The molecule has 1 fully saturated rings. The van der Waals surface area contributed by atoms with Crippen LogP contribution in [-0.2, 0) is 10.0 Å². The Balaban J connectivity index is 1.79. The third-order valence-corrected chi connectivity index (χ3v) is 6.65. The van der Waals surface area contributed by atoms with Crippen molar-refractivity contribution in [1.29, 1.82) is 0 Å². The molecule has 1 aromatic carbocycles. The minimum Gasteiger partial charge on any atom is -0.495 e. The van der Waals surface area contributed by atoms with E-state index in [9.17, 15) is 13.2 Å². The number of sulfonamides is 1. The lowest BCUT2D eigenvalue weighted by molar-refractivity contribution is 0.0666. The molecule has 1 aliphatic rings. The summed E-state index contributed by atoms with van der Waals surface area (Å²) in [6, 6.07) is 8.51. The van der Waals surface area contributed by atoms with Crippen LogP contribution in [0.1, 0.15) is 35.9 Å². The SMILES string of the molecule is COc1ccc(C(C)C)cc1S(=O)(=O)N1CCN(C(=O)c2ccco2)CC1. The maximum absolute atomic E-state index is 13.2. The first-order valence-corrected chi connectivity index (χ1v) is 10.3. The molecule has 0 bridgehead atoms. The molecule has 8 heteroatoms. The van der Waals surface area contributed by atoms with Gasteiger partial charge in [-0.05, 0) is 35.7 Å². The number of nitrogens with zero attached hydrogens (tertiary/aromatic N) is 2. The summed E-state index contributed by atoms with van der Waals surface area (Å²) in [6.45, 7) is 5.10. The Morgan fingerprint density at radius 2 is 1.85 bits per heavy atom. The number of rotatable bonds is 5. The largest absolute Gasteiger partial charge is 0.495 e. The Morgan fingerprint density at radius 1 is 1.15 bits per heavy atom. The van der Waals surface area contributed by atoms with Gasteiger partial charge in [-0.25, -0.2) is 8.42 Å². The van der Waals surface area contributed by atoms with Crippen molar-refractivity contribution in [3.05, 3.63) is 47.9 Å². The fraction of sp³-hybridized carbons (Fsp3) is 0.421. The zero-order valence-corrected chi connectivity index (χ0v) is 16.5. The van der Waals surface area contributed by atoms with Crippen molar-refractivity contribution in [2.75, 3.05) is 33.3 Å². The standard InChI is InChI=1S/C19H24N2O5S/c1-14(2)15-6-7-16(25-3)18(13-15)27(23,24)21-10-8-20(9-11-21)19(22)17-5-4-12-26-17/h4-7,12-14H,8-11H2,1-3H3. The van der Waals surface area contributed by atoms with Gasteiger partial charge in [0.25, 0.3) is 5.91 Å². The second kappa shape index (κ2) is 7.74. The molecule has 0 atom stereocenters. The summed E-state index contributed by atoms with van der Waals surface area (Å²) in [7, 11) is -2.26. The van der Waals surface area contributed by atoms with Crippen molar-refractivity contribution < 1.29 is 22.4 Å². The number of hydrogen-bond donors (Lipinski definition) is 0. The molecular weight excluding hydrogens is 368 g/mol. The highest BCUT2D eigenvalue weighted by atomic mass is 32.2. The van der Waals surface area contributed by atoms with Crippen LogP contribution in [-0.4, -0.2) is 56.8 Å². The van der Waals surface area contributed by atoms with Crippen molar-refractivity contribution in [3.8, 4) is 5.75 Å². The minimum atomic E-state index is -3.72. The molecule has 2 heterocycles. The molecule has 1 aromatic heterocycles. The number of piperazine rings is 1. The van der Waals surface area contributed by atoms with Crippen LogP contribution in [0.25, 0.3) is 0 Å². The smallest absolute Gasteiger partial charge is 0.289 e. The summed E-state index contributed by atoms with van der Waals surface area (Å²) >= 11 is 0. The number of benzene rings is 1. The summed E-state index contributed by atoms with van der Waals surface area (Å²) in [5.74, 6) is 0.565. The topological polar surface area (TPSA) is 80.1 Å². The van der Waals surface area contributed by atoms with E-state index in [1.165, 1.54) is 17.7 Å². The Kier molecular flexibility index (Phi) is 5.57. The first-order valence-electron chi connectivity index (χ1n) is 8.85. The first-order chi connectivity index (χ1) is 12.8. The highest BCUT2D eigenvalue weighted by molar-refractivity contribution is 7.89. The molecule has 1 aliphatic heterocycles. The monoisotopic (exact) mass is 392 g/mol. The lowest BCUT2D eigenvalue weighted by atomic mass is 10.0. The van der Waals surface area contributed by atoms with Gasteiger partial charge in [0.15, 0.2) is 5.76 Å². The molecule has 0 radical (unpaired) electrons. The average molecular weight is 392 g/mol. The molecular formula is C19H24N2O5S. The molecule has 146 valence electrons. The molecule has 27 heavy (non-hydrogen) atoms. The molecule has 7 nitrogen and oxygen atoms in total. The van der Waals surface area contributed by atoms with Crippen molar-refractivity contribution >= 4 is 15.9 Å². The van der Waals surface area contributed by atoms with Gasteiger partial charge in [0.1, 0.15) is 10.6 Å². The van der Waals surface area contributed by atoms with Gasteiger partial charge in [-0.15, -0.1) is 0 Å². The number of hydrogen-bond acceptors (Lipinski definition) is 5. The molecule has 0 aliphatic carbocycles. The number of carbonyl (C=O) groups is 1. The van der Waals surface area contributed by atoms with Crippen LogP contribution in [0.3, 0.4) is 0 Å². The van der Waals surface area contributed by atoms with E-state index in [1.807, 2.05) is 19.9 Å². The normalized spacial score (nSPS) is 15.9. The van der Waals surface area contributed by atoms with Crippen LogP contribution in [0.15, 0.2) is 45.9 Å². The van der Waals surface area contributed by atoms with Crippen LogP contribution in [0.2, 0.25) is 0 Å². The van der Waals surface area contributed by atoms with E-state index in [0.29, 0.717) is 18.8 Å². The zero-order valence-electron chi connectivity index (χ0n) is 15.7. The fourth-order valence-electron chi connectivity index (χ4n) is 3.08. The molecule has 3 rings (SSSR count). The summed E-state index contributed by atoms with van der Waals surface area (Å²) < 4.78 is 38.2. The maximum atomic E-state index is 13.2. The number of methoxy groups -OCH3 is 1. The number of ether oxygens (including phenoxy) is 1. The molecule has 0 N–H and O–H groups in total. The first kappa shape index (κ1) is 19.4. The van der Waals surface area contributed by atoms with Gasteiger partial charge in [0.2, 0.25) is 10.0 Å². The van der Waals surface area contributed by atoms with Gasteiger partial charge in [-0.2, -0.15) is 4.31 Å². The van der Waals surface area contributed by atoms with Crippen molar-refractivity contribution in [1.82, 2.24) is 9.21 Å². The van der Waals surface area contributed by atoms with Crippen LogP contribution < -0.4 is 4.74 Å². The third kappa shape index (κ3) is 3.86. The predicted molar refractivity (Wildman–Crippen MR) is 100 cm³/mol. The van der Waals surface area contributed by atoms with E-state index in [4.69, 9.17) is 9.15 Å². The Bertz CT molecular complexity index is 898. The molecule has 1 saturated heterocycles. The van der Waals surface area contributed by atoms with E-state index in [1.54, 1.807) is 29.2 Å². The Labute approximate surface area is 159 Å². The second-order valence-electron chi connectivity index (χ2n) is 6.74. The summed E-state index contributed by atoms with van der Waals surface area (Å²) in [4.78, 5) is 14.1. The molecule has 1 amide bonds. The maximum Gasteiger partial charge on any atom is 0.289 e. The number of furan rings is 1. The Hall–Kier alpha value is -2.32. The zero-order chi connectivity index (χ0) is 19.6. The highest BCUT2D eigenvalue weighted by Crippen LogP contribution is 2.30. The fourth-order valence-corrected chi connectivity index (χ4v) is 4.69. The van der Waals surface area contributed by atoms with Crippen molar-refractivity contribution in [2.24, 2.45) is 0 Å². The van der Waals surface area contributed by atoms with Gasteiger partial charge in [0, 0.05) is 26.2 Å². The van der Waals surface area contributed by atoms with Crippen LogP contribution in [0.5, 0.6) is 5.75 Å². The Morgan fingerprint density at radius 3 is 2.41 bits per heavy atom. The van der Waals surface area contributed by atoms with Gasteiger partial charge >= 0.3 is 0 Å². The van der Waals surface area contributed by atoms with Gasteiger partial charge < -0.3 is 14.1 Å². The summed E-state index contributed by atoms with van der Waals surface area (Å²) in [5.41, 5.74) is 0.931. The minimum absolute atomic E-state index is 0.169. The lowest BCUT2D eigenvalue weighted by Gasteiger charge is -2.33. The average Bonchev–Trinajstić information content (AvgIpc) is 3.21. The van der Waals surface area contributed by atoms with E-state index in [0.717, 1.165) is 5.56 Å². The van der Waals surface area contributed by atoms with Crippen molar-refractivity contribution in [3.63, 3.8) is 0 Å². The molecule has 0 saturated carbocycles. The number of carbonyl (C=O) groups excluding carboxylic acids is 1. The van der Waals surface area contributed by atoms with Gasteiger partial charge in [-0.3, -0.25) is 4.79 Å². The predicted octanol–water partition coefficient (Wildman–Crippen LogP) is 2.56. The molecule has 0 spiro atoms. The molecule has 0 unspecified atom stereocenters. The van der Waals surface area contributed by atoms with Crippen LogP contribution >= 0.6 is 0 Å². The highest BCUT2D eigenvalue weighted by Gasteiger charge is 2.33.